The van der Waals surface area contributed by atoms with Crippen LogP contribution in [0.25, 0.3) is 6.08 Å². The number of hydrogen-bond acceptors (Lipinski definition) is 2. The summed E-state index contributed by atoms with van der Waals surface area (Å²) >= 11 is 0. The number of hydrogen-bond donors (Lipinski definition) is 2. The predicted octanol–water partition coefficient (Wildman–Crippen LogP) is 4.53. The molecule has 0 aliphatic rings. The van der Waals surface area contributed by atoms with Crippen molar-refractivity contribution in [3.8, 4) is 5.75 Å². The summed E-state index contributed by atoms with van der Waals surface area (Å²) in [5, 5.41) is 3.06. The van der Waals surface area contributed by atoms with Crippen molar-refractivity contribution in [1.29, 1.82) is 0 Å². The maximum atomic E-state index is 5.88. The summed E-state index contributed by atoms with van der Waals surface area (Å²) in [4.78, 5) is 4.27. The van der Waals surface area contributed by atoms with Gasteiger partial charge in [0.1, 0.15) is 5.75 Å². The molecule has 0 fully saturated rings. The van der Waals surface area contributed by atoms with Crippen LogP contribution in [0.3, 0.4) is 0 Å². The summed E-state index contributed by atoms with van der Waals surface area (Å²) in [5.41, 5.74) is 7.91. The van der Waals surface area contributed by atoms with Crippen LogP contribution in [0.4, 0.5) is 5.69 Å². The molecule has 0 radical (unpaired) electrons. The van der Waals surface area contributed by atoms with Gasteiger partial charge in [0.15, 0.2) is 5.96 Å². The highest BCUT2D eigenvalue weighted by molar-refractivity contribution is 14.0. The van der Waals surface area contributed by atoms with Gasteiger partial charge in [-0.25, -0.2) is 4.99 Å². The topological polar surface area (TPSA) is 59.6 Å². The van der Waals surface area contributed by atoms with Crippen LogP contribution in [0.2, 0.25) is 0 Å². The van der Waals surface area contributed by atoms with Crippen LogP contribution in [0.15, 0.2) is 65.7 Å². The fraction of sp³-hybridized carbons (Fsp3) is 0.211. The lowest BCUT2D eigenvalue weighted by Gasteiger charge is -2.10. The first-order valence-corrected chi connectivity index (χ1v) is 7.69. The number of halogens is 1. The van der Waals surface area contributed by atoms with Crippen molar-refractivity contribution in [3.05, 3.63) is 66.2 Å². The monoisotopic (exact) mass is 437 g/mol. The van der Waals surface area contributed by atoms with Gasteiger partial charge in [-0.2, -0.15) is 0 Å². The van der Waals surface area contributed by atoms with Gasteiger partial charge < -0.3 is 15.8 Å². The Labute approximate surface area is 160 Å². The van der Waals surface area contributed by atoms with E-state index in [-0.39, 0.29) is 30.1 Å². The third-order valence-corrected chi connectivity index (χ3v) is 2.98. The zero-order valence-corrected chi connectivity index (χ0v) is 16.3. The standard InChI is InChI=1S/C19H23N3O.HI/c1-15(2)23-18-12-10-17(11-13-18)22-19(20)21-14-6-9-16-7-4-3-5-8-16;/h3-13,15H,14H2,1-2H3,(H3,20,21,22);1H. The number of nitrogens with two attached hydrogens (primary N) is 1. The molecule has 0 aliphatic heterocycles. The highest BCUT2D eigenvalue weighted by Crippen LogP contribution is 2.16. The van der Waals surface area contributed by atoms with Crippen molar-refractivity contribution in [3.63, 3.8) is 0 Å². The van der Waals surface area contributed by atoms with Crippen LogP contribution in [-0.2, 0) is 0 Å². The summed E-state index contributed by atoms with van der Waals surface area (Å²) in [7, 11) is 0. The van der Waals surface area contributed by atoms with E-state index in [0.29, 0.717) is 12.5 Å². The third-order valence-electron chi connectivity index (χ3n) is 2.98. The molecular weight excluding hydrogens is 413 g/mol. The molecule has 0 atom stereocenters. The minimum absolute atomic E-state index is 0. The van der Waals surface area contributed by atoms with Gasteiger partial charge in [-0.15, -0.1) is 24.0 Å². The van der Waals surface area contributed by atoms with Crippen LogP contribution in [-0.4, -0.2) is 18.6 Å². The molecule has 24 heavy (non-hydrogen) atoms. The Morgan fingerprint density at radius 3 is 2.42 bits per heavy atom. The summed E-state index contributed by atoms with van der Waals surface area (Å²) in [6, 6.07) is 17.7. The Bertz CT molecular complexity index is 652. The van der Waals surface area contributed by atoms with E-state index < -0.39 is 0 Å². The smallest absolute Gasteiger partial charge is 0.193 e. The highest BCUT2D eigenvalue weighted by Gasteiger charge is 1.98. The van der Waals surface area contributed by atoms with E-state index in [9.17, 15) is 0 Å². The molecule has 0 heterocycles. The predicted molar refractivity (Wildman–Crippen MR) is 113 cm³/mol. The molecule has 3 N–H and O–H groups in total. The van der Waals surface area contributed by atoms with Gasteiger partial charge in [0, 0.05) is 5.69 Å². The first-order valence-electron chi connectivity index (χ1n) is 7.69. The van der Waals surface area contributed by atoms with Crippen molar-refractivity contribution in [2.75, 3.05) is 11.9 Å². The molecule has 0 aromatic heterocycles. The van der Waals surface area contributed by atoms with Crippen molar-refractivity contribution < 1.29 is 4.74 Å². The Kier molecular flexibility index (Phi) is 8.93. The lowest BCUT2D eigenvalue weighted by molar-refractivity contribution is 0.242. The van der Waals surface area contributed by atoms with Crippen LogP contribution >= 0.6 is 24.0 Å². The molecule has 0 spiro atoms. The molecule has 5 heteroatoms. The van der Waals surface area contributed by atoms with E-state index in [1.54, 1.807) is 0 Å². The number of guanidine groups is 1. The van der Waals surface area contributed by atoms with E-state index in [2.05, 4.69) is 10.3 Å². The van der Waals surface area contributed by atoms with Gasteiger partial charge >= 0.3 is 0 Å². The zero-order valence-electron chi connectivity index (χ0n) is 14.0. The van der Waals surface area contributed by atoms with E-state index in [0.717, 1.165) is 17.0 Å². The zero-order chi connectivity index (χ0) is 16.5. The second kappa shape index (κ2) is 10.7. The lowest BCUT2D eigenvalue weighted by atomic mass is 10.2. The molecule has 0 bridgehead atoms. The molecule has 4 nitrogen and oxygen atoms in total. The van der Waals surface area contributed by atoms with Crippen LogP contribution in [0.5, 0.6) is 5.75 Å². The maximum absolute atomic E-state index is 5.88. The number of nitrogens with zero attached hydrogens (tertiary/aromatic N) is 1. The van der Waals surface area contributed by atoms with E-state index in [1.165, 1.54) is 0 Å². The summed E-state index contributed by atoms with van der Waals surface area (Å²) in [6.07, 6.45) is 4.16. The van der Waals surface area contributed by atoms with Crippen LogP contribution < -0.4 is 15.8 Å². The van der Waals surface area contributed by atoms with Crippen molar-refractivity contribution in [2.45, 2.75) is 20.0 Å². The van der Waals surface area contributed by atoms with Gasteiger partial charge in [0.05, 0.1) is 12.6 Å². The van der Waals surface area contributed by atoms with Gasteiger partial charge in [-0.3, -0.25) is 0 Å². The molecule has 2 aromatic carbocycles. The fourth-order valence-corrected chi connectivity index (χ4v) is 1.98. The molecular formula is C19H24IN3O. The minimum Gasteiger partial charge on any atom is -0.491 e. The van der Waals surface area contributed by atoms with Gasteiger partial charge in [-0.05, 0) is 43.7 Å². The SMILES string of the molecule is CC(C)Oc1ccc(NC(N)=NCC=Cc2ccccc2)cc1.I. The number of anilines is 1. The first kappa shape index (κ1) is 20.0. The quantitative estimate of drug-likeness (QED) is 0.397. The van der Waals surface area contributed by atoms with Gasteiger partial charge in [0.2, 0.25) is 0 Å². The number of ether oxygens (including phenoxy) is 1. The maximum Gasteiger partial charge on any atom is 0.193 e. The normalized spacial score (nSPS) is 11.4. The molecule has 0 saturated carbocycles. The van der Waals surface area contributed by atoms with Gasteiger partial charge in [0.25, 0.3) is 0 Å². The number of rotatable bonds is 6. The van der Waals surface area contributed by atoms with Crippen LogP contribution in [0.1, 0.15) is 19.4 Å². The molecule has 0 saturated heterocycles. The Hall–Kier alpha value is -2.02. The second-order valence-electron chi connectivity index (χ2n) is 5.35. The molecule has 128 valence electrons. The van der Waals surface area contributed by atoms with Gasteiger partial charge in [-0.1, -0.05) is 42.5 Å². The van der Waals surface area contributed by atoms with E-state index >= 15 is 0 Å². The number of nitrogens with one attached hydrogen (secondary N) is 1. The fourth-order valence-electron chi connectivity index (χ4n) is 1.98. The Morgan fingerprint density at radius 1 is 1.12 bits per heavy atom. The van der Waals surface area contributed by atoms with E-state index in [1.807, 2.05) is 80.6 Å². The van der Waals surface area contributed by atoms with E-state index in [4.69, 9.17) is 10.5 Å². The Balaban J connectivity index is 0.00000288. The summed E-state index contributed by atoms with van der Waals surface area (Å²) in [5.74, 6) is 1.23. The number of aliphatic imine (C=N–C) groups is 1. The highest BCUT2D eigenvalue weighted by atomic mass is 127. The summed E-state index contributed by atoms with van der Waals surface area (Å²) < 4.78 is 5.60. The number of benzene rings is 2. The second-order valence-corrected chi connectivity index (χ2v) is 5.35. The summed E-state index contributed by atoms with van der Waals surface area (Å²) in [6.45, 7) is 4.53. The average Bonchev–Trinajstić information content (AvgIpc) is 2.54. The van der Waals surface area contributed by atoms with Crippen LogP contribution in [0, 0.1) is 0 Å². The average molecular weight is 437 g/mol. The van der Waals surface area contributed by atoms with Crippen molar-refractivity contribution >= 4 is 41.7 Å². The molecule has 0 aliphatic carbocycles. The van der Waals surface area contributed by atoms with Crippen molar-refractivity contribution in [1.82, 2.24) is 0 Å². The molecule has 0 unspecified atom stereocenters. The molecule has 0 amide bonds. The largest absolute Gasteiger partial charge is 0.491 e. The van der Waals surface area contributed by atoms with Crippen molar-refractivity contribution in [2.24, 2.45) is 10.7 Å². The molecule has 2 aromatic rings. The third kappa shape index (κ3) is 7.50. The first-order chi connectivity index (χ1) is 11.1. The minimum atomic E-state index is 0. The molecule has 2 rings (SSSR count). The lowest BCUT2D eigenvalue weighted by Crippen LogP contribution is -2.22. The Morgan fingerprint density at radius 2 is 1.79 bits per heavy atom.